The Hall–Kier alpha value is -2.90. The Bertz CT molecular complexity index is 801. The van der Waals surface area contributed by atoms with Gasteiger partial charge in [0.25, 0.3) is 5.91 Å². The Morgan fingerprint density at radius 3 is 2.56 bits per heavy atom. The van der Waals surface area contributed by atoms with Crippen molar-refractivity contribution in [2.45, 2.75) is 27.3 Å². The number of ether oxygens (including phenoxy) is 1. The fourth-order valence-electron chi connectivity index (χ4n) is 2.75. The van der Waals surface area contributed by atoms with Crippen molar-refractivity contribution in [3.05, 3.63) is 58.6 Å². The first-order chi connectivity index (χ1) is 12.7. The smallest absolute Gasteiger partial charge is 0.335 e. The lowest BCUT2D eigenvalue weighted by Crippen LogP contribution is -2.47. The van der Waals surface area contributed by atoms with E-state index in [2.05, 4.69) is 0 Å². The molecule has 0 unspecified atom stereocenters. The molecule has 27 heavy (non-hydrogen) atoms. The van der Waals surface area contributed by atoms with E-state index in [4.69, 9.17) is 4.74 Å². The van der Waals surface area contributed by atoms with Crippen LogP contribution in [-0.2, 0) is 20.9 Å². The van der Waals surface area contributed by atoms with Gasteiger partial charge in [-0.25, -0.2) is 13.6 Å². The summed E-state index contributed by atoms with van der Waals surface area (Å²) in [6.07, 6.45) is 1.46. The number of hydrogen-bond donors (Lipinski definition) is 1. The second kappa shape index (κ2) is 8.66. The second-order valence-electron chi connectivity index (χ2n) is 6.14. The van der Waals surface area contributed by atoms with Crippen molar-refractivity contribution >= 4 is 11.9 Å². The number of carbonyl (C=O) groups is 2. The number of hydrogen-bond acceptors (Lipinski definition) is 5. The van der Waals surface area contributed by atoms with Crippen LogP contribution in [0.1, 0.15) is 26.3 Å². The third-order valence-electron chi connectivity index (χ3n) is 4.03. The lowest BCUT2D eigenvalue weighted by molar-refractivity contribution is -0.138. The van der Waals surface area contributed by atoms with Gasteiger partial charge in [0.1, 0.15) is 11.5 Å². The lowest BCUT2D eigenvalue weighted by Gasteiger charge is -2.36. The molecule has 0 aromatic heterocycles. The van der Waals surface area contributed by atoms with Crippen molar-refractivity contribution in [1.82, 2.24) is 9.80 Å². The molecule has 0 radical (unpaired) electrons. The molecule has 0 aliphatic carbocycles. The maximum absolute atomic E-state index is 13.4. The fraction of sp³-hybridized carbons (Fsp3) is 0.368. The van der Waals surface area contributed by atoms with Crippen LogP contribution in [0.2, 0.25) is 0 Å². The van der Waals surface area contributed by atoms with E-state index in [1.54, 1.807) is 13.8 Å². The number of aliphatic hydroxyl groups excluding tert-OH is 1. The number of amides is 1. The van der Waals surface area contributed by atoms with Crippen LogP contribution >= 0.6 is 0 Å². The highest BCUT2D eigenvalue weighted by Gasteiger charge is 2.31. The molecule has 1 aromatic rings. The van der Waals surface area contributed by atoms with Crippen LogP contribution in [-0.4, -0.2) is 46.5 Å². The predicted molar refractivity (Wildman–Crippen MR) is 94.2 cm³/mol. The number of nitrogens with zero attached hydrogens (tertiary/aromatic N) is 2. The standard InChI is InChI=1S/C19H22F2N2O4/c1-4-27-19(26)12(2)10-22-7-8-23(18(25)17(22)13(3)24)11-14-5-6-15(20)16(21)9-14/h5-6,9-10,24H,4,7-8,11H2,1-3H3/b12-10+,17-13+. The van der Waals surface area contributed by atoms with Crippen molar-refractivity contribution in [2.75, 3.05) is 19.7 Å². The maximum atomic E-state index is 13.4. The quantitative estimate of drug-likeness (QED) is 0.483. The van der Waals surface area contributed by atoms with Gasteiger partial charge in [-0.05, 0) is 38.5 Å². The van der Waals surface area contributed by atoms with Crippen LogP contribution in [0.4, 0.5) is 8.78 Å². The van der Waals surface area contributed by atoms with Crippen LogP contribution in [0.5, 0.6) is 0 Å². The first-order valence-corrected chi connectivity index (χ1v) is 8.49. The molecule has 0 atom stereocenters. The number of rotatable bonds is 5. The molecular formula is C19H22F2N2O4. The molecule has 1 N–H and O–H groups in total. The van der Waals surface area contributed by atoms with E-state index >= 15 is 0 Å². The zero-order valence-electron chi connectivity index (χ0n) is 15.5. The third kappa shape index (κ3) is 4.84. The number of esters is 1. The molecule has 146 valence electrons. The minimum Gasteiger partial charge on any atom is -0.510 e. The Kier molecular flexibility index (Phi) is 6.55. The van der Waals surface area contributed by atoms with E-state index < -0.39 is 23.5 Å². The summed E-state index contributed by atoms with van der Waals surface area (Å²) in [6.45, 7) is 5.51. The van der Waals surface area contributed by atoms with Crippen molar-refractivity contribution in [3.63, 3.8) is 0 Å². The van der Waals surface area contributed by atoms with E-state index in [-0.39, 0.29) is 36.7 Å². The fourth-order valence-corrected chi connectivity index (χ4v) is 2.75. The zero-order chi connectivity index (χ0) is 20.1. The summed E-state index contributed by atoms with van der Waals surface area (Å²) >= 11 is 0. The van der Waals surface area contributed by atoms with E-state index in [1.807, 2.05) is 0 Å². The number of carbonyl (C=O) groups excluding carboxylic acids is 2. The summed E-state index contributed by atoms with van der Waals surface area (Å²) in [5.74, 6) is -3.13. The average molecular weight is 380 g/mol. The monoisotopic (exact) mass is 380 g/mol. The summed E-state index contributed by atoms with van der Waals surface area (Å²) in [7, 11) is 0. The minimum absolute atomic E-state index is 0.0208. The Labute approximate surface area is 156 Å². The SMILES string of the molecule is CCOC(=O)/C(C)=C/N1CCN(Cc2ccc(F)c(F)c2)C(=O)/C1=C(/C)O. The molecule has 1 aliphatic rings. The molecule has 1 aromatic carbocycles. The van der Waals surface area contributed by atoms with Crippen molar-refractivity contribution in [2.24, 2.45) is 0 Å². The molecule has 0 bridgehead atoms. The highest BCUT2D eigenvalue weighted by Crippen LogP contribution is 2.22. The van der Waals surface area contributed by atoms with Crippen molar-refractivity contribution < 1.29 is 28.2 Å². The van der Waals surface area contributed by atoms with Gasteiger partial charge in [0.2, 0.25) is 0 Å². The van der Waals surface area contributed by atoms with Gasteiger partial charge in [-0.1, -0.05) is 6.07 Å². The summed E-state index contributed by atoms with van der Waals surface area (Å²) in [6, 6.07) is 3.44. The van der Waals surface area contributed by atoms with Gasteiger partial charge in [-0.3, -0.25) is 4.79 Å². The molecule has 1 fully saturated rings. The highest BCUT2D eigenvalue weighted by atomic mass is 19.2. The van der Waals surface area contributed by atoms with Crippen LogP contribution < -0.4 is 0 Å². The van der Waals surface area contributed by atoms with Gasteiger partial charge in [0.05, 0.1) is 12.2 Å². The van der Waals surface area contributed by atoms with Crippen LogP contribution in [0.15, 0.2) is 41.4 Å². The Balaban J connectivity index is 2.21. The normalized spacial score (nSPS) is 17.2. The van der Waals surface area contributed by atoms with Gasteiger partial charge < -0.3 is 19.6 Å². The Morgan fingerprint density at radius 1 is 1.26 bits per heavy atom. The third-order valence-corrected chi connectivity index (χ3v) is 4.03. The number of aliphatic hydroxyl groups is 1. The van der Waals surface area contributed by atoms with Crippen LogP contribution in [0, 0.1) is 11.6 Å². The van der Waals surface area contributed by atoms with E-state index in [0.717, 1.165) is 12.1 Å². The van der Waals surface area contributed by atoms with E-state index in [9.17, 15) is 23.5 Å². The van der Waals surface area contributed by atoms with Crippen molar-refractivity contribution in [3.8, 4) is 0 Å². The molecule has 0 saturated carbocycles. The molecule has 0 spiro atoms. The first kappa shape index (κ1) is 20.4. The molecule has 2 rings (SSSR count). The van der Waals surface area contributed by atoms with Crippen LogP contribution in [0.3, 0.4) is 0 Å². The summed E-state index contributed by atoms with van der Waals surface area (Å²) in [5.41, 5.74) is 0.744. The summed E-state index contributed by atoms with van der Waals surface area (Å²) in [4.78, 5) is 27.5. The number of allylic oxidation sites excluding steroid dienone is 1. The molecule has 1 aliphatic heterocycles. The summed E-state index contributed by atoms with van der Waals surface area (Å²) in [5, 5.41) is 9.97. The molecule has 8 heteroatoms. The number of piperazine rings is 1. The van der Waals surface area contributed by atoms with E-state index in [0.29, 0.717) is 12.1 Å². The highest BCUT2D eigenvalue weighted by molar-refractivity contribution is 5.94. The average Bonchev–Trinajstić information content (AvgIpc) is 2.60. The molecule has 1 heterocycles. The minimum atomic E-state index is -0.985. The second-order valence-corrected chi connectivity index (χ2v) is 6.14. The van der Waals surface area contributed by atoms with Gasteiger partial charge in [0, 0.05) is 25.8 Å². The molecule has 6 nitrogen and oxygen atoms in total. The van der Waals surface area contributed by atoms with Gasteiger partial charge in [-0.2, -0.15) is 0 Å². The largest absolute Gasteiger partial charge is 0.510 e. The number of halogens is 2. The van der Waals surface area contributed by atoms with Crippen molar-refractivity contribution in [1.29, 1.82) is 0 Å². The molecule has 1 saturated heterocycles. The summed E-state index contributed by atoms with van der Waals surface area (Å²) < 4.78 is 31.4. The molecular weight excluding hydrogens is 358 g/mol. The maximum Gasteiger partial charge on any atom is 0.335 e. The Morgan fingerprint density at radius 2 is 1.96 bits per heavy atom. The topological polar surface area (TPSA) is 70.1 Å². The van der Waals surface area contributed by atoms with Gasteiger partial charge >= 0.3 is 5.97 Å². The van der Waals surface area contributed by atoms with Gasteiger partial charge in [0.15, 0.2) is 11.6 Å². The van der Waals surface area contributed by atoms with Crippen LogP contribution in [0.25, 0.3) is 0 Å². The first-order valence-electron chi connectivity index (χ1n) is 8.49. The number of benzene rings is 1. The molecule has 1 amide bonds. The predicted octanol–water partition coefficient (Wildman–Crippen LogP) is 2.87. The van der Waals surface area contributed by atoms with Gasteiger partial charge in [-0.15, -0.1) is 0 Å². The lowest BCUT2D eigenvalue weighted by atomic mass is 10.1. The van der Waals surface area contributed by atoms with E-state index in [1.165, 1.54) is 29.0 Å². The zero-order valence-corrected chi connectivity index (χ0v) is 15.5.